The topological polar surface area (TPSA) is 67.0 Å². The molecule has 3 aromatic rings. The molecule has 0 fully saturated rings. The lowest BCUT2D eigenvalue weighted by atomic mass is 10.1. The van der Waals surface area contributed by atoms with Crippen LogP contribution in [0.25, 0.3) is 11.3 Å². The predicted molar refractivity (Wildman–Crippen MR) is 102 cm³/mol. The van der Waals surface area contributed by atoms with E-state index in [4.69, 9.17) is 4.74 Å². The lowest BCUT2D eigenvalue weighted by Gasteiger charge is -2.08. The van der Waals surface area contributed by atoms with Crippen LogP contribution in [-0.2, 0) is 6.54 Å². The van der Waals surface area contributed by atoms with E-state index in [2.05, 4.69) is 22.4 Å². The molecule has 5 nitrogen and oxygen atoms in total. The Morgan fingerprint density at radius 1 is 1.19 bits per heavy atom. The van der Waals surface area contributed by atoms with Crippen molar-refractivity contribution in [1.82, 2.24) is 15.5 Å². The van der Waals surface area contributed by atoms with E-state index in [9.17, 15) is 4.79 Å². The summed E-state index contributed by atoms with van der Waals surface area (Å²) in [4.78, 5) is 12.6. The molecular weight excluding hydrogens is 326 g/mol. The Kier molecular flexibility index (Phi) is 5.69. The second-order valence-corrected chi connectivity index (χ2v) is 6.20. The Hall–Kier alpha value is -3.08. The molecule has 0 unspecified atom stereocenters. The third kappa shape index (κ3) is 4.30. The van der Waals surface area contributed by atoms with Crippen LogP contribution in [0.3, 0.4) is 0 Å². The Morgan fingerprint density at radius 3 is 2.73 bits per heavy atom. The number of nitrogens with zero attached hydrogens (tertiary/aromatic N) is 1. The zero-order valence-corrected chi connectivity index (χ0v) is 15.1. The molecule has 1 aromatic heterocycles. The van der Waals surface area contributed by atoms with Gasteiger partial charge in [0.25, 0.3) is 5.91 Å². The number of carbonyl (C=O) groups excluding carboxylic acids is 1. The van der Waals surface area contributed by atoms with Crippen LogP contribution < -0.4 is 10.1 Å². The normalized spacial score (nSPS) is 10.5. The number of ether oxygens (including phenoxy) is 1. The van der Waals surface area contributed by atoms with Gasteiger partial charge in [-0.3, -0.25) is 9.89 Å². The fourth-order valence-corrected chi connectivity index (χ4v) is 2.68. The second kappa shape index (κ2) is 8.34. The van der Waals surface area contributed by atoms with Crippen LogP contribution in [0.2, 0.25) is 0 Å². The van der Waals surface area contributed by atoms with Crippen molar-refractivity contribution in [3.63, 3.8) is 0 Å². The average Bonchev–Trinajstić information content (AvgIpc) is 3.15. The monoisotopic (exact) mass is 349 g/mol. The molecule has 5 heteroatoms. The van der Waals surface area contributed by atoms with E-state index in [1.165, 1.54) is 0 Å². The van der Waals surface area contributed by atoms with Crippen LogP contribution in [0.1, 0.15) is 34.8 Å². The predicted octanol–water partition coefficient (Wildman–Crippen LogP) is 4.10. The van der Waals surface area contributed by atoms with Gasteiger partial charge in [0.15, 0.2) is 0 Å². The highest BCUT2D eigenvalue weighted by Crippen LogP contribution is 2.22. The third-order valence-electron chi connectivity index (χ3n) is 4.04. The molecule has 26 heavy (non-hydrogen) atoms. The summed E-state index contributed by atoms with van der Waals surface area (Å²) in [5.41, 5.74) is 4.37. The van der Waals surface area contributed by atoms with Gasteiger partial charge in [-0.2, -0.15) is 5.10 Å². The molecule has 0 aliphatic carbocycles. The number of nitrogens with one attached hydrogen (secondary N) is 2. The van der Waals surface area contributed by atoms with E-state index >= 15 is 0 Å². The molecule has 0 aliphatic heterocycles. The van der Waals surface area contributed by atoms with Crippen molar-refractivity contribution in [3.8, 4) is 17.0 Å². The van der Waals surface area contributed by atoms with Gasteiger partial charge in [0.1, 0.15) is 5.75 Å². The van der Waals surface area contributed by atoms with E-state index in [1.807, 2.05) is 55.5 Å². The molecule has 0 radical (unpaired) electrons. The molecule has 2 N–H and O–H groups in total. The fourth-order valence-electron chi connectivity index (χ4n) is 2.68. The van der Waals surface area contributed by atoms with E-state index in [0.717, 1.165) is 34.6 Å². The number of carbonyl (C=O) groups is 1. The standard InChI is InChI=1S/C21H23N3O2/c1-3-11-26-18-9-7-16(8-10-18)13-22-21(25)19-14-23-24-20(19)17-6-4-5-15(2)12-17/h4-10,12,14H,3,11,13H2,1-2H3,(H,22,25)(H,23,24). The van der Waals surface area contributed by atoms with E-state index in [1.54, 1.807) is 6.20 Å². The molecule has 0 atom stereocenters. The van der Waals surface area contributed by atoms with Crippen LogP contribution in [0, 0.1) is 6.92 Å². The van der Waals surface area contributed by atoms with Crippen LogP contribution in [0.15, 0.2) is 54.7 Å². The van der Waals surface area contributed by atoms with Crippen molar-refractivity contribution < 1.29 is 9.53 Å². The number of benzene rings is 2. The molecule has 134 valence electrons. The van der Waals surface area contributed by atoms with Gasteiger partial charge in [0.2, 0.25) is 0 Å². The Labute approximate surface area is 153 Å². The number of amides is 1. The number of aromatic nitrogens is 2. The second-order valence-electron chi connectivity index (χ2n) is 6.20. The number of rotatable bonds is 7. The van der Waals surface area contributed by atoms with E-state index in [-0.39, 0.29) is 5.91 Å². The highest BCUT2D eigenvalue weighted by molar-refractivity contribution is 5.99. The van der Waals surface area contributed by atoms with Crippen molar-refractivity contribution in [2.75, 3.05) is 6.61 Å². The van der Waals surface area contributed by atoms with Crippen molar-refractivity contribution in [2.45, 2.75) is 26.8 Å². The molecule has 1 heterocycles. The number of hydrogen-bond acceptors (Lipinski definition) is 3. The van der Waals surface area contributed by atoms with Crippen molar-refractivity contribution in [3.05, 3.63) is 71.4 Å². The highest BCUT2D eigenvalue weighted by atomic mass is 16.5. The molecule has 2 aromatic carbocycles. The minimum absolute atomic E-state index is 0.151. The number of aryl methyl sites for hydroxylation is 1. The molecule has 1 amide bonds. The highest BCUT2D eigenvalue weighted by Gasteiger charge is 2.15. The van der Waals surface area contributed by atoms with Gasteiger partial charge < -0.3 is 10.1 Å². The van der Waals surface area contributed by atoms with Gasteiger partial charge in [-0.1, -0.05) is 42.8 Å². The molecule has 0 saturated heterocycles. The van der Waals surface area contributed by atoms with Gasteiger partial charge in [-0.05, 0) is 37.1 Å². The summed E-state index contributed by atoms with van der Waals surface area (Å²) in [5.74, 6) is 0.695. The molecule has 0 spiro atoms. The van der Waals surface area contributed by atoms with Crippen molar-refractivity contribution in [1.29, 1.82) is 0 Å². The smallest absolute Gasteiger partial charge is 0.255 e. The van der Waals surface area contributed by atoms with Crippen molar-refractivity contribution >= 4 is 5.91 Å². The molecule has 3 rings (SSSR count). The zero-order chi connectivity index (χ0) is 18.4. The van der Waals surface area contributed by atoms with Crippen LogP contribution >= 0.6 is 0 Å². The van der Waals surface area contributed by atoms with Gasteiger partial charge in [0.05, 0.1) is 24.1 Å². The number of H-pyrrole nitrogens is 1. The van der Waals surface area contributed by atoms with Crippen molar-refractivity contribution in [2.24, 2.45) is 0 Å². The summed E-state index contributed by atoms with van der Waals surface area (Å²) in [6.45, 7) is 5.25. The van der Waals surface area contributed by atoms with Gasteiger partial charge in [0, 0.05) is 12.1 Å². The first-order valence-electron chi connectivity index (χ1n) is 8.77. The van der Waals surface area contributed by atoms with E-state index in [0.29, 0.717) is 18.7 Å². The quantitative estimate of drug-likeness (QED) is 0.675. The maximum absolute atomic E-state index is 12.6. The summed E-state index contributed by atoms with van der Waals surface area (Å²) in [7, 11) is 0. The van der Waals surface area contributed by atoms with Crippen LogP contribution in [-0.4, -0.2) is 22.7 Å². The van der Waals surface area contributed by atoms with Gasteiger partial charge >= 0.3 is 0 Å². The number of aromatic amines is 1. The van der Waals surface area contributed by atoms with Crippen LogP contribution in [0.5, 0.6) is 5.75 Å². The average molecular weight is 349 g/mol. The summed E-state index contributed by atoms with van der Waals surface area (Å²) < 4.78 is 5.57. The Bertz CT molecular complexity index is 869. The third-order valence-corrected chi connectivity index (χ3v) is 4.04. The zero-order valence-electron chi connectivity index (χ0n) is 15.1. The maximum atomic E-state index is 12.6. The van der Waals surface area contributed by atoms with Crippen LogP contribution in [0.4, 0.5) is 0 Å². The first kappa shape index (κ1) is 17.7. The summed E-state index contributed by atoms with van der Waals surface area (Å²) in [5, 5.41) is 9.92. The largest absolute Gasteiger partial charge is 0.494 e. The summed E-state index contributed by atoms with van der Waals surface area (Å²) >= 11 is 0. The SMILES string of the molecule is CCCOc1ccc(CNC(=O)c2cn[nH]c2-c2cccc(C)c2)cc1. The minimum Gasteiger partial charge on any atom is -0.494 e. The molecule has 0 saturated carbocycles. The lowest BCUT2D eigenvalue weighted by molar-refractivity contribution is 0.0951. The maximum Gasteiger partial charge on any atom is 0.255 e. The molecular formula is C21H23N3O2. The first-order chi connectivity index (χ1) is 12.7. The lowest BCUT2D eigenvalue weighted by Crippen LogP contribution is -2.22. The molecule has 0 aliphatic rings. The molecule has 0 bridgehead atoms. The first-order valence-corrected chi connectivity index (χ1v) is 8.77. The number of hydrogen-bond donors (Lipinski definition) is 2. The minimum atomic E-state index is -0.151. The Morgan fingerprint density at radius 2 is 2.00 bits per heavy atom. The van der Waals surface area contributed by atoms with Gasteiger partial charge in [-0.15, -0.1) is 0 Å². The van der Waals surface area contributed by atoms with E-state index < -0.39 is 0 Å². The summed E-state index contributed by atoms with van der Waals surface area (Å²) in [6.07, 6.45) is 2.54. The Balaban J connectivity index is 1.65. The van der Waals surface area contributed by atoms with Gasteiger partial charge in [-0.25, -0.2) is 0 Å². The summed E-state index contributed by atoms with van der Waals surface area (Å²) in [6, 6.07) is 15.7. The fraction of sp³-hybridized carbons (Fsp3) is 0.238.